The second-order valence-electron chi connectivity index (χ2n) is 7.01. The summed E-state index contributed by atoms with van der Waals surface area (Å²) in [5, 5.41) is 9.46. The molecule has 0 spiro atoms. The predicted molar refractivity (Wildman–Crippen MR) is 103 cm³/mol. The fourth-order valence-electron chi connectivity index (χ4n) is 3.30. The number of hydrogen-bond donors (Lipinski definition) is 1. The highest BCUT2D eigenvalue weighted by Gasteiger charge is 2.20. The second-order valence-corrected chi connectivity index (χ2v) is 7.01. The smallest absolute Gasteiger partial charge is 0.371 e. The lowest BCUT2D eigenvalue weighted by molar-refractivity contribution is -0.189. The van der Waals surface area contributed by atoms with Crippen LogP contribution in [0.2, 0.25) is 0 Å². The van der Waals surface area contributed by atoms with Gasteiger partial charge in [-0.3, -0.25) is 4.79 Å². The number of carboxylic acids is 1. The van der Waals surface area contributed by atoms with E-state index in [2.05, 4.69) is 0 Å². The van der Waals surface area contributed by atoms with Gasteiger partial charge in [0.1, 0.15) is 23.3 Å². The fraction of sp³-hybridized carbons (Fsp3) is 0.524. The Labute approximate surface area is 163 Å². The quantitative estimate of drug-likeness (QED) is 0.733. The highest BCUT2D eigenvalue weighted by atomic mass is 16.7. The van der Waals surface area contributed by atoms with Gasteiger partial charge in [0.25, 0.3) is 0 Å². The first-order chi connectivity index (χ1) is 13.5. The largest absolute Gasteiger partial charge is 0.490 e. The Balaban J connectivity index is 1.83. The van der Waals surface area contributed by atoms with Crippen molar-refractivity contribution < 1.29 is 28.5 Å². The van der Waals surface area contributed by atoms with Crippen LogP contribution in [0.15, 0.2) is 27.4 Å². The third-order valence-corrected chi connectivity index (χ3v) is 4.65. The summed E-state index contributed by atoms with van der Waals surface area (Å²) in [6.07, 6.45) is 4.05. The summed E-state index contributed by atoms with van der Waals surface area (Å²) in [5.74, 6) is -1.29. The Morgan fingerprint density at radius 1 is 1.36 bits per heavy atom. The monoisotopic (exact) mass is 390 g/mol. The Kier molecular flexibility index (Phi) is 6.70. The number of fused-ring (bicyclic) bond motifs is 1. The van der Waals surface area contributed by atoms with E-state index in [1.165, 1.54) is 0 Å². The molecule has 0 amide bonds. The van der Waals surface area contributed by atoms with Crippen molar-refractivity contribution in [1.82, 2.24) is 0 Å². The number of aromatic carboxylic acids is 1. The Morgan fingerprint density at radius 3 is 2.86 bits per heavy atom. The van der Waals surface area contributed by atoms with Crippen LogP contribution in [-0.2, 0) is 15.9 Å². The van der Waals surface area contributed by atoms with Gasteiger partial charge in [0.15, 0.2) is 11.7 Å². The topological polar surface area (TPSA) is 95.2 Å². The maximum atomic E-state index is 12.6. The molecule has 1 aliphatic heterocycles. The van der Waals surface area contributed by atoms with Crippen molar-refractivity contribution >= 4 is 16.9 Å². The molecule has 1 aromatic heterocycles. The molecule has 1 saturated heterocycles. The van der Waals surface area contributed by atoms with Crippen LogP contribution in [0.25, 0.3) is 11.0 Å². The normalized spacial score (nSPS) is 18.1. The van der Waals surface area contributed by atoms with Crippen molar-refractivity contribution in [2.45, 2.75) is 58.3 Å². The molecule has 7 nitrogen and oxygen atoms in total. The summed E-state index contributed by atoms with van der Waals surface area (Å²) in [6, 6.07) is 4.53. The molecule has 1 aromatic carbocycles. The zero-order chi connectivity index (χ0) is 20.1. The first-order valence-corrected chi connectivity index (χ1v) is 9.72. The number of carboxylic acid groups (broad SMARTS) is 1. The molecule has 3 rings (SSSR count). The van der Waals surface area contributed by atoms with Gasteiger partial charge in [0, 0.05) is 12.7 Å². The Bertz CT molecular complexity index is 880. The zero-order valence-electron chi connectivity index (χ0n) is 16.2. The summed E-state index contributed by atoms with van der Waals surface area (Å²) >= 11 is 0. The summed E-state index contributed by atoms with van der Waals surface area (Å²) in [4.78, 5) is 23.9. The minimum Gasteiger partial charge on any atom is -0.490 e. The molecule has 2 heterocycles. The average molecular weight is 390 g/mol. The van der Waals surface area contributed by atoms with Crippen LogP contribution >= 0.6 is 0 Å². The standard InChI is InChI=1S/C21H26O7/c1-3-6-14-8-9-16(19-15(22)11-17(21(23)24)28-20(14)19)26-12-13(2)27-18-7-4-5-10-25-18/h8-9,11,13,18H,3-7,10,12H2,1-2H3,(H,23,24). The van der Waals surface area contributed by atoms with Gasteiger partial charge in [-0.05, 0) is 44.2 Å². The molecule has 0 bridgehead atoms. The van der Waals surface area contributed by atoms with Crippen molar-refractivity contribution in [3.63, 3.8) is 0 Å². The van der Waals surface area contributed by atoms with Gasteiger partial charge in [-0.2, -0.15) is 0 Å². The predicted octanol–water partition coefficient (Wildman–Crippen LogP) is 3.75. The van der Waals surface area contributed by atoms with E-state index in [0.29, 0.717) is 18.8 Å². The molecular weight excluding hydrogens is 364 g/mol. The third-order valence-electron chi connectivity index (χ3n) is 4.65. The minimum absolute atomic E-state index is 0.223. The lowest BCUT2D eigenvalue weighted by Gasteiger charge is -2.26. The van der Waals surface area contributed by atoms with Crippen LogP contribution in [0.4, 0.5) is 0 Å². The first kappa shape index (κ1) is 20.4. The van der Waals surface area contributed by atoms with Gasteiger partial charge in [0.05, 0.1) is 6.10 Å². The van der Waals surface area contributed by atoms with Crippen molar-refractivity contribution in [3.05, 3.63) is 39.7 Å². The number of aryl methyl sites for hydroxylation is 1. The van der Waals surface area contributed by atoms with Crippen LogP contribution < -0.4 is 10.2 Å². The van der Waals surface area contributed by atoms with E-state index < -0.39 is 11.4 Å². The number of carbonyl (C=O) groups is 1. The van der Waals surface area contributed by atoms with E-state index in [4.69, 9.17) is 18.6 Å². The van der Waals surface area contributed by atoms with Gasteiger partial charge in [-0.15, -0.1) is 0 Å². The summed E-state index contributed by atoms with van der Waals surface area (Å²) in [6.45, 7) is 4.83. The van der Waals surface area contributed by atoms with E-state index in [1.807, 2.05) is 19.9 Å². The molecule has 2 atom stereocenters. The molecule has 28 heavy (non-hydrogen) atoms. The van der Waals surface area contributed by atoms with Gasteiger partial charge >= 0.3 is 5.97 Å². The number of hydrogen-bond acceptors (Lipinski definition) is 6. The van der Waals surface area contributed by atoms with E-state index >= 15 is 0 Å². The molecule has 2 unspecified atom stereocenters. The number of benzene rings is 1. The lowest BCUT2D eigenvalue weighted by Crippen LogP contribution is -2.29. The molecule has 1 aliphatic rings. The summed E-state index contributed by atoms with van der Waals surface area (Å²) in [5.41, 5.74) is 0.620. The second kappa shape index (κ2) is 9.21. The van der Waals surface area contributed by atoms with E-state index in [1.54, 1.807) is 6.07 Å². The number of ether oxygens (including phenoxy) is 3. The molecule has 1 fully saturated rings. The fourth-order valence-corrected chi connectivity index (χ4v) is 3.30. The molecule has 0 aliphatic carbocycles. The summed E-state index contributed by atoms with van der Waals surface area (Å²) < 4.78 is 22.8. The molecule has 2 aromatic rings. The first-order valence-electron chi connectivity index (χ1n) is 9.72. The van der Waals surface area contributed by atoms with Crippen molar-refractivity contribution in [2.75, 3.05) is 13.2 Å². The van der Waals surface area contributed by atoms with Gasteiger partial charge < -0.3 is 23.7 Å². The lowest BCUT2D eigenvalue weighted by atomic mass is 10.1. The Hall–Kier alpha value is -2.38. The maximum absolute atomic E-state index is 12.6. The van der Waals surface area contributed by atoms with Crippen LogP contribution in [0.3, 0.4) is 0 Å². The number of rotatable bonds is 8. The molecule has 0 saturated carbocycles. The zero-order valence-corrected chi connectivity index (χ0v) is 16.2. The highest BCUT2D eigenvalue weighted by molar-refractivity contribution is 5.91. The van der Waals surface area contributed by atoms with Crippen LogP contribution in [0.1, 0.15) is 55.6 Å². The molecule has 0 radical (unpaired) electrons. The van der Waals surface area contributed by atoms with Crippen molar-refractivity contribution in [1.29, 1.82) is 0 Å². The Morgan fingerprint density at radius 2 is 2.18 bits per heavy atom. The van der Waals surface area contributed by atoms with E-state index in [-0.39, 0.29) is 35.7 Å². The SMILES string of the molecule is CCCc1ccc(OCC(C)OC2CCCCO2)c2c(=O)cc(C(=O)O)oc12. The van der Waals surface area contributed by atoms with Crippen molar-refractivity contribution in [3.8, 4) is 5.75 Å². The van der Waals surface area contributed by atoms with Crippen molar-refractivity contribution in [2.24, 2.45) is 0 Å². The highest BCUT2D eigenvalue weighted by Crippen LogP contribution is 2.28. The molecule has 1 N–H and O–H groups in total. The summed E-state index contributed by atoms with van der Waals surface area (Å²) in [7, 11) is 0. The van der Waals surface area contributed by atoms with Crippen LogP contribution in [0.5, 0.6) is 5.75 Å². The van der Waals surface area contributed by atoms with Crippen LogP contribution in [-0.4, -0.2) is 36.7 Å². The average Bonchev–Trinajstić information content (AvgIpc) is 2.68. The molecule has 7 heteroatoms. The van der Waals surface area contributed by atoms with Crippen LogP contribution in [0, 0.1) is 0 Å². The third kappa shape index (κ3) is 4.72. The molecular formula is C21H26O7. The van der Waals surface area contributed by atoms with Gasteiger partial charge in [-0.25, -0.2) is 4.79 Å². The minimum atomic E-state index is -1.28. The van der Waals surface area contributed by atoms with E-state index in [9.17, 15) is 14.7 Å². The molecule has 152 valence electrons. The maximum Gasteiger partial charge on any atom is 0.371 e. The van der Waals surface area contributed by atoms with E-state index in [0.717, 1.165) is 37.3 Å². The van der Waals surface area contributed by atoms with Gasteiger partial charge in [0.2, 0.25) is 5.76 Å². The van der Waals surface area contributed by atoms with Gasteiger partial charge in [-0.1, -0.05) is 19.4 Å².